The van der Waals surface area contributed by atoms with Gasteiger partial charge in [-0.25, -0.2) is 8.42 Å². The molecule has 1 atom stereocenters. The number of rotatable bonds is 5. The summed E-state index contributed by atoms with van der Waals surface area (Å²) in [5, 5.41) is 3.00. The maximum atomic E-state index is 12.4. The van der Waals surface area contributed by atoms with E-state index in [1.165, 1.54) is 0 Å². The van der Waals surface area contributed by atoms with Gasteiger partial charge in [-0.3, -0.25) is 14.5 Å². The third-order valence-corrected chi connectivity index (χ3v) is 7.46. The molecule has 0 radical (unpaired) electrons. The van der Waals surface area contributed by atoms with E-state index in [4.69, 9.17) is 0 Å². The first-order valence-corrected chi connectivity index (χ1v) is 11.6. The van der Waals surface area contributed by atoms with Crippen LogP contribution in [0.15, 0.2) is 18.2 Å². The number of nitrogens with one attached hydrogen (secondary N) is 1. The van der Waals surface area contributed by atoms with E-state index < -0.39 is 9.84 Å². The van der Waals surface area contributed by atoms with E-state index in [0.717, 1.165) is 16.8 Å². The lowest BCUT2D eigenvalue weighted by atomic mass is 10.0. The Morgan fingerprint density at radius 1 is 1.11 bits per heavy atom. The molecule has 2 amide bonds. The van der Waals surface area contributed by atoms with Crippen LogP contribution in [-0.2, 0) is 19.4 Å². The second-order valence-electron chi connectivity index (χ2n) is 7.95. The second-order valence-corrected chi connectivity index (χ2v) is 10.2. The largest absolute Gasteiger partial charge is 0.340 e. The van der Waals surface area contributed by atoms with Gasteiger partial charge in [0.1, 0.15) is 0 Å². The van der Waals surface area contributed by atoms with Crippen LogP contribution in [0.5, 0.6) is 0 Å². The zero-order valence-electron chi connectivity index (χ0n) is 16.6. The highest BCUT2D eigenvalue weighted by atomic mass is 32.2. The number of carbonyl (C=O) groups is 2. The molecule has 2 fully saturated rings. The van der Waals surface area contributed by atoms with Crippen LogP contribution in [0.2, 0.25) is 0 Å². The molecule has 0 bridgehead atoms. The van der Waals surface area contributed by atoms with E-state index in [0.29, 0.717) is 45.6 Å². The van der Waals surface area contributed by atoms with E-state index in [9.17, 15) is 18.0 Å². The Morgan fingerprint density at radius 3 is 2.32 bits per heavy atom. The molecule has 2 saturated heterocycles. The molecular formula is C20H29N3O4S. The second kappa shape index (κ2) is 8.61. The van der Waals surface area contributed by atoms with Crippen LogP contribution >= 0.6 is 0 Å². The third-order valence-electron chi connectivity index (χ3n) is 5.63. The molecule has 2 aliphatic heterocycles. The minimum Gasteiger partial charge on any atom is -0.340 e. The fourth-order valence-corrected chi connectivity index (χ4v) is 5.82. The summed E-state index contributed by atoms with van der Waals surface area (Å²) in [5.74, 6) is 0.277. The van der Waals surface area contributed by atoms with Gasteiger partial charge >= 0.3 is 0 Å². The molecule has 0 aliphatic carbocycles. The first kappa shape index (κ1) is 20.8. The number of sulfone groups is 1. The van der Waals surface area contributed by atoms with E-state index in [1.54, 1.807) is 4.90 Å². The minimum atomic E-state index is -2.95. The van der Waals surface area contributed by atoms with Crippen LogP contribution in [0, 0.1) is 19.8 Å². The van der Waals surface area contributed by atoms with Crippen LogP contribution in [0.3, 0.4) is 0 Å². The zero-order valence-corrected chi connectivity index (χ0v) is 17.4. The van der Waals surface area contributed by atoms with Crippen molar-refractivity contribution >= 4 is 27.3 Å². The lowest BCUT2D eigenvalue weighted by Gasteiger charge is -2.34. The molecule has 2 heterocycles. The molecule has 1 aromatic carbocycles. The van der Waals surface area contributed by atoms with Gasteiger partial charge in [-0.1, -0.05) is 18.2 Å². The fourth-order valence-electron chi connectivity index (χ4n) is 3.96. The Hall–Kier alpha value is -1.93. The summed E-state index contributed by atoms with van der Waals surface area (Å²) in [6, 6.07) is 5.92. The van der Waals surface area contributed by atoms with Crippen molar-refractivity contribution in [3.05, 3.63) is 29.3 Å². The van der Waals surface area contributed by atoms with Gasteiger partial charge in [0.15, 0.2) is 9.84 Å². The summed E-state index contributed by atoms with van der Waals surface area (Å²) in [4.78, 5) is 28.7. The third kappa shape index (κ3) is 5.32. The molecule has 3 rings (SSSR count). The molecule has 154 valence electrons. The van der Waals surface area contributed by atoms with Crippen molar-refractivity contribution in [3.63, 3.8) is 0 Å². The summed E-state index contributed by atoms with van der Waals surface area (Å²) < 4.78 is 23.1. The quantitative estimate of drug-likeness (QED) is 0.793. The number of piperazine rings is 1. The fraction of sp³-hybridized carbons (Fsp3) is 0.600. The molecule has 8 heteroatoms. The maximum Gasteiger partial charge on any atom is 0.238 e. The number of benzene rings is 1. The molecule has 0 spiro atoms. The van der Waals surface area contributed by atoms with Crippen molar-refractivity contribution in [3.8, 4) is 0 Å². The van der Waals surface area contributed by atoms with Crippen molar-refractivity contribution in [1.29, 1.82) is 0 Å². The average Bonchev–Trinajstić information content (AvgIpc) is 2.97. The van der Waals surface area contributed by atoms with Crippen molar-refractivity contribution in [2.75, 3.05) is 49.5 Å². The Balaban J connectivity index is 1.44. The number of aryl methyl sites for hydroxylation is 2. The molecule has 28 heavy (non-hydrogen) atoms. The van der Waals surface area contributed by atoms with Gasteiger partial charge in [0.05, 0.1) is 18.1 Å². The Kier molecular flexibility index (Phi) is 6.40. The number of nitrogens with zero attached hydrogens (tertiary/aromatic N) is 2. The van der Waals surface area contributed by atoms with Crippen LogP contribution in [0.1, 0.15) is 24.0 Å². The number of hydrogen-bond acceptors (Lipinski definition) is 5. The monoisotopic (exact) mass is 407 g/mol. The number of amides is 2. The highest BCUT2D eigenvalue weighted by Crippen LogP contribution is 2.23. The standard InChI is InChI=1S/C20H29N3O4S/c1-15-4-3-5-16(2)20(15)21-18(24)13-22-7-9-23(10-8-22)19(25)12-17-6-11-28(26,27)14-17/h3-5,17H,6-14H2,1-2H3,(H,21,24)/t17-/m0/s1. The van der Waals surface area contributed by atoms with Crippen LogP contribution < -0.4 is 5.32 Å². The van der Waals surface area contributed by atoms with E-state index in [2.05, 4.69) is 5.32 Å². The molecule has 0 saturated carbocycles. The van der Waals surface area contributed by atoms with Gasteiger partial charge in [0.25, 0.3) is 0 Å². The van der Waals surface area contributed by atoms with Crippen LogP contribution in [0.25, 0.3) is 0 Å². The SMILES string of the molecule is Cc1cccc(C)c1NC(=O)CN1CCN(C(=O)C[C@@H]2CCS(=O)(=O)C2)CC1. The zero-order chi connectivity index (χ0) is 20.3. The van der Waals surface area contributed by atoms with Gasteiger partial charge < -0.3 is 10.2 Å². The highest BCUT2D eigenvalue weighted by molar-refractivity contribution is 7.91. The van der Waals surface area contributed by atoms with Crippen molar-refractivity contribution in [1.82, 2.24) is 9.80 Å². The van der Waals surface area contributed by atoms with Crippen LogP contribution in [-0.4, -0.2) is 74.3 Å². The Bertz CT molecular complexity index is 825. The van der Waals surface area contributed by atoms with Crippen molar-refractivity contribution < 1.29 is 18.0 Å². The summed E-state index contributed by atoms with van der Waals surface area (Å²) in [7, 11) is -2.95. The molecule has 1 N–H and O–H groups in total. The number of carbonyl (C=O) groups excluding carboxylic acids is 2. The van der Waals surface area contributed by atoms with E-state index >= 15 is 0 Å². The van der Waals surface area contributed by atoms with Crippen molar-refractivity contribution in [2.24, 2.45) is 5.92 Å². The van der Waals surface area contributed by atoms with Gasteiger partial charge in [-0.05, 0) is 37.3 Å². The summed E-state index contributed by atoms with van der Waals surface area (Å²) in [5.41, 5.74) is 2.95. The smallest absolute Gasteiger partial charge is 0.238 e. The van der Waals surface area contributed by atoms with Gasteiger partial charge in [0, 0.05) is 38.3 Å². The van der Waals surface area contributed by atoms with Gasteiger partial charge in [0.2, 0.25) is 11.8 Å². The minimum absolute atomic E-state index is 0.0294. The summed E-state index contributed by atoms with van der Waals surface area (Å²) in [6.07, 6.45) is 0.902. The first-order valence-electron chi connectivity index (χ1n) is 9.80. The van der Waals surface area contributed by atoms with Crippen molar-refractivity contribution in [2.45, 2.75) is 26.7 Å². The summed E-state index contributed by atoms with van der Waals surface area (Å²) in [6.45, 7) is 6.70. The van der Waals surface area contributed by atoms with E-state index in [1.807, 2.05) is 36.9 Å². The highest BCUT2D eigenvalue weighted by Gasteiger charge is 2.31. The van der Waals surface area contributed by atoms with Gasteiger partial charge in [-0.15, -0.1) is 0 Å². The number of para-hydroxylation sites is 1. The predicted molar refractivity (Wildman–Crippen MR) is 109 cm³/mol. The lowest BCUT2D eigenvalue weighted by Crippen LogP contribution is -2.50. The molecule has 1 aromatic rings. The number of anilines is 1. The molecule has 0 unspecified atom stereocenters. The Labute approximate surface area is 167 Å². The number of hydrogen-bond donors (Lipinski definition) is 1. The molecular weight excluding hydrogens is 378 g/mol. The molecule has 0 aromatic heterocycles. The van der Waals surface area contributed by atoms with E-state index in [-0.39, 0.29) is 29.2 Å². The van der Waals surface area contributed by atoms with Gasteiger partial charge in [-0.2, -0.15) is 0 Å². The molecule has 2 aliphatic rings. The predicted octanol–water partition coefficient (Wildman–Crippen LogP) is 1.21. The Morgan fingerprint density at radius 2 is 1.75 bits per heavy atom. The normalized spacial score (nSPS) is 22.2. The topological polar surface area (TPSA) is 86.8 Å². The lowest BCUT2D eigenvalue weighted by molar-refractivity contribution is -0.133. The maximum absolute atomic E-state index is 12.4. The average molecular weight is 408 g/mol. The summed E-state index contributed by atoms with van der Waals surface area (Å²) >= 11 is 0. The van der Waals surface area contributed by atoms with Crippen LogP contribution in [0.4, 0.5) is 5.69 Å². The molecule has 7 nitrogen and oxygen atoms in total. The first-order chi connectivity index (χ1) is 13.2.